The Morgan fingerprint density at radius 3 is 2.36 bits per heavy atom. The van der Waals surface area contributed by atoms with E-state index < -0.39 is 0 Å². The molecule has 0 atom stereocenters. The van der Waals surface area contributed by atoms with Crippen LogP contribution < -0.4 is 4.90 Å². The molecular formula is C18H29N3O. The van der Waals surface area contributed by atoms with Gasteiger partial charge >= 0.3 is 0 Å². The molecule has 1 saturated heterocycles. The van der Waals surface area contributed by atoms with E-state index in [-0.39, 0.29) is 16.9 Å². The van der Waals surface area contributed by atoms with E-state index in [0.717, 1.165) is 37.4 Å². The highest BCUT2D eigenvalue weighted by Gasteiger charge is 2.41. The third-order valence-electron chi connectivity index (χ3n) is 4.89. The van der Waals surface area contributed by atoms with Crippen LogP contribution in [0.3, 0.4) is 0 Å². The largest absolute Gasteiger partial charge is 0.357 e. The van der Waals surface area contributed by atoms with E-state index in [2.05, 4.69) is 43.6 Å². The van der Waals surface area contributed by atoms with Crippen LogP contribution in [0.1, 0.15) is 46.2 Å². The zero-order chi connectivity index (χ0) is 16.5. The zero-order valence-corrected chi connectivity index (χ0v) is 14.8. The molecule has 4 heteroatoms. The lowest BCUT2D eigenvalue weighted by atomic mass is 9.78. The Balaban J connectivity index is 2.06. The molecule has 0 saturated carbocycles. The first-order valence-corrected chi connectivity index (χ1v) is 8.10. The average Bonchev–Trinajstić information content (AvgIpc) is 2.45. The Bertz CT molecular complexity index is 540. The second-order valence-electron chi connectivity index (χ2n) is 7.72. The van der Waals surface area contributed by atoms with Crippen LogP contribution in [0.25, 0.3) is 0 Å². The molecule has 2 rings (SSSR count). The summed E-state index contributed by atoms with van der Waals surface area (Å²) in [6.07, 6.45) is 1.75. The fourth-order valence-electron chi connectivity index (χ4n) is 2.86. The molecule has 0 unspecified atom stereocenters. The van der Waals surface area contributed by atoms with Crippen molar-refractivity contribution in [2.24, 2.45) is 5.41 Å². The molecule has 122 valence electrons. The number of rotatable bonds is 2. The van der Waals surface area contributed by atoms with E-state index >= 15 is 0 Å². The molecule has 1 aliphatic heterocycles. The number of carbonyl (C=O) groups excluding carboxylic acids is 1. The summed E-state index contributed by atoms with van der Waals surface area (Å²) >= 11 is 0. The highest BCUT2D eigenvalue weighted by molar-refractivity contribution is 5.83. The molecule has 0 aromatic carbocycles. The molecular weight excluding hydrogens is 274 g/mol. The van der Waals surface area contributed by atoms with E-state index in [0.29, 0.717) is 0 Å². The van der Waals surface area contributed by atoms with E-state index in [1.165, 1.54) is 0 Å². The van der Waals surface area contributed by atoms with Crippen molar-refractivity contribution < 1.29 is 4.79 Å². The first-order valence-electron chi connectivity index (χ1n) is 8.10. The van der Waals surface area contributed by atoms with E-state index in [1.807, 2.05) is 31.0 Å². The van der Waals surface area contributed by atoms with Crippen molar-refractivity contribution in [1.29, 1.82) is 0 Å². The summed E-state index contributed by atoms with van der Waals surface area (Å²) in [5, 5.41) is 0. The number of aryl methyl sites for hydroxylation is 1. The van der Waals surface area contributed by atoms with Gasteiger partial charge in [0.15, 0.2) is 0 Å². The predicted octanol–water partition coefficient (Wildman–Crippen LogP) is 3.25. The minimum absolute atomic E-state index is 0.130. The Kier molecular flexibility index (Phi) is 4.50. The van der Waals surface area contributed by atoms with Crippen LogP contribution in [-0.2, 0) is 4.79 Å². The summed E-state index contributed by atoms with van der Waals surface area (Å²) in [4.78, 5) is 21.6. The molecule has 1 aliphatic rings. The molecule has 1 amide bonds. The molecule has 0 aliphatic carbocycles. The third-order valence-corrected chi connectivity index (χ3v) is 4.89. The number of amides is 1. The average molecular weight is 303 g/mol. The fourth-order valence-corrected chi connectivity index (χ4v) is 2.86. The molecule has 1 fully saturated rings. The first kappa shape index (κ1) is 16.8. The van der Waals surface area contributed by atoms with Gasteiger partial charge in [0.2, 0.25) is 5.91 Å². The van der Waals surface area contributed by atoms with Crippen molar-refractivity contribution in [3.8, 4) is 0 Å². The second-order valence-corrected chi connectivity index (χ2v) is 7.72. The normalized spacial score (nSPS) is 18.2. The van der Waals surface area contributed by atoms with Crippen LogP contribution in [-0.4, -0.2) is 41.5 Å². The summed E-state index contributed by atoms with van der Waals surface area (Å²) in [6.45, 7) is 12.1. The highest BCUT2D eigenvalue weighted by atomic mass is 16.2. The smallest absolute Gasteiger partial charge is 0.228 e. The quantitative estimate of drug-likeness (QED) is 0.841. The van der Waals surface area contributed by atoms with Gasteiger partial charge in [-0.1, -0.05) is 13.0 Å². The summed E-state index contributed by atoms with van der Waals surface area (Å²) in [7, 11) is 1.92. The van der Waals surface area contributed by atoms with Crippen LogP contribution in [0.4, 0.5) is 5.82 Å². The Morgan fingerprint density at radius 2 is 1.86 bits per heavy atom. The summed E-state index contributed by atoms with van der Waals surface area (Å²) in [5.74, 6) is 1.29. The van der Waals surface area contributed by atoms with Crippen LogP contribution >= 0.6 is 0 Å². The van der Waals surface area contributed by atoms with E-state index in [9.17, 15) is 4.79 Å². The monoisotopic (exact) mass is 303 g/mol. The van der Waals surface area contributed by atoms with Gasteiger partial charge in [-0.25, -0.2) is 4.98 Å². The van der Waals surface area contributed by atoms with Crippen LogP contribution in [0, 0.1) is 12.3 Å². The fraction of sp³-hybridized carbons (Fsp3) is 0.667. The van der Waals surface area contributed by atoms with Gasteiger partial charge in [0.1, 0.15) is 5.82 Å². The molecule has 2 heterocycles. The number of aromatic nitrogens is 1. The summed E-state index contributed by atoms with van der Waals surface area (Å²) in [6, 6.07) is 6.11. The number of hydrogen-bond donors (Lipinski definition) is 0. The van der Waals surface area contributed by atoms with Gasteiger partial charge in [0.25, 0.3) is 0 Å². The van der Waals surface area contributed by atoms with Gasteiger partial charge in [0, 0.05) is 36.8 Å². The minimum Gasteiger partial charge on any atom is -0.357 e. The summed E-state index contributed by atoms with van der Waals surface area (Å²) in [5.41, 5.74) is 0.645. The van der Waals surface area contributed by atoms with Crippen molar-refractivity contribution in [1.82, 2.24) is 9.88 Å². The molecule has 22 heavy (non-hydrogen) atoms. The number of piperidine rings is 1. The molecule has 0 spiro atoms. The first-order chi connectivity index (χ1) is 10.1. The Morgan fingerprint density at radius 1 is 1.27 bits per heavy atom. The zero-order valence-electron chi connectivity index (χ0n) is 14.8. The van der Waals surface area contributed by atoms with E-state index in [1.54, 1.807) is 0 Å². The van der Waals surface area contributed by atoms with Gasteiger partial charge in [0.05, 0.1) is 0 Å². The lowest BCUT2D eigenvalue weighted by Gasteiger charge is -2.44. The van der Waals surface area contributed by atoms with E-state index in [4.69, 9.17) is 0 Å². The van der Waals surface area contributed by atoms with Gasteiger partial charge < -0.3 is 9.80 Å². The van der Waals surface area contributed by atoms with Crippen molar-refractivity contribution in [3.63, 3.8) is 0 Å². The van der Waals surface area contributed by atoms with Crippen molar-refractivity contribution in [3.05, 3.63) is 23.9 Å². The number of pyridine rings is 1. The SMILES string of the molecule is Cc1cccc(N2CCC(C)(C(=O)N(C)C(C)(C)C)CC2)n1. The number of carbonyl (C=O) groups is 1. The van der Waals surface area contributed by atoms with Crippen molar-refractivity contribution in [2.45, 2.75) is 53.0 Å². The summed E-state index contributed by atoms with van der Waals surface area (Å²) < 4.78 is 0. The second kappa shape index (κ2) is 5.90. The van der Waals surface area contributed by atoms with Gasteiger partial charge in [-0.05, 0) is 52.7 Å². The standard InChI is InChI=1S/C18H29N3O/c1-14-8-7-9-15(19-14)21-12-10-18(5,11-13-21)16(22)20(6)17(2,3)4/h7-9H,10-13H2,1-6H3. The topological polar surface area (TPSA) is 36.4 Å². The van der Waals surface area contributed by atoms with Gasteiger partial charge in [-0.15, -0.1) is 0 Å². The number of anilines is 1. The lowest BCUT2D eigenvalue weighted by molar-refractivity contribution is -0.145. The number of hydrogen-bond acceptors (Lipinski definition) is 3. The maximum Gasteiger partial charge on any atom is 0.228 e. The minimum atomic E-state index is -0.262. The van der Waals surface area contributed by atoms with Crippen LogP contribution in [0.5, 0.6) is 0 Å². The molecule has 0 N–H and O–H groups in total. The molecule has 1 aromatic rings. The van der Waals surface area contributed by atoms with Crippen molar-refractivity contribution >= 4 is 11.7 Å². The molecule has 0 bridgehead atoms. The maximum absolute atomic E-state index is 12.9. The van der Waals surface area contributed by atoms with Gasteiger partial charge in [-0.3, -0.25) is 4.79 Å². The highest BCUT2D eigenvalue weighted by Crippen LogP contribution is 2.35. The maximum atomic E-state index is 12.9. The predicted molar refractivity (Wildman–Crippen MR) is 91.1 cm³/mol. The Labute approximate surface area is 134 Å². The van der Waals surface area contributed by atoms with Crippen molar-refractivity contribution in [2.75, 3.05) is 25.0 Å². The van der Waals surface area contributed by atoms with Gasteiger partial charge in [-0.2, -0.15) is 0 Å². The third kappa shape index (κ3) is 3.42. The molecule has 0 radical (unpaired) electrons. The lowest BCUT2D eigenvalue weighted by Crippen LogP contribution is -2.53. The van der Waals surface area contributed by atoms with Crippen LogP contribution in [0.15, 0.2) is 18.2 Å². The molecule has 1 aromatic heterocycles. The molecule has 4 nitrogen and oxygen atoms in total. The van der Waals surface area contributed by atoms with Crippen LogP contribution in [0.2, 0.25) is 0 Å². The Hall–Kier alpha value is -1.58. The number of nitrogens with zero attached hydrogens (tertiary/aromatic N) is 3.